The number of ether oxygens (including phenoxy) is 2. The van der Waals surface area contributed by atoms with Gasteiger partial charge in [0, 0.05) is 12.3 Å². The SMILES string of the molecule is Cc1cc(-c2cnc(NC[C@H]3COc4ccccc4O3)nc2-c2ccco2)on1. The third-order valence-corrected chi connectivity index (χ3v) is 4.49. The van der Waals surface area contributed by atoms with E-state index in [4.69, 9.17) is 18.4 Å². The van der Waals surface area contributed by atoms with E-state index in [1.807, 2.05) is 49.4 Å². The molecule has 1 N–H and O–H groups in total. The van der Waals surface area contributed by atoms with E-state index in [-0.39, 0.29) is 6.10 Å². The number of para-hydroxylation sites is 2. The van der Waals surface area contributed by atoms with E-state index in [0.717, 1.165) is 17.2 Å². The molecule has 3 aromatic heterocycles. The van der Waals surface area contributed by atoms with Gasteiger partial charge in [-0.15, -0.1) is 0 Å². The second-order valence-corrected chi connectivity index (χ2v) is 6.64. The van der Waals surface area contributed by atoms with Crippen molar-refractivity contribution in [1.29, 1.82) is 0 Å². The maximum Gasteiger partial charge on any atom is 0.223 e. The van der Waals surface area contributed by atoms with Gasteiger partial charge in [-0.25, -0.2) is 9.97 Å². The highest BCUT2D eigenvalue weighted by atomic mass is 16.6. The molecule has 1 aromatic carbocycles. The van der Waals surface area contributed by atoms with E-state index < -0.39 is 0 Å². The summed E-state index contributed by atoms with van der Waals surface area (Å²) in [5.41, 5.74) is 2.11. The highest BCUT2D eigenvalue weighted by molar-refractivity contribution is 5.75. The van der Waals surface area contributed by atoms with Crippen LogP contribution in [0.1, 0.15) is 5.69 Å². The minimum absolute atomic E-state index is 0.155. The summed E-state index contributed by atoms with van der Waals surface area (Å²) in [5, 5.41) is 7.16. The molecule has 0 bridgehead atoms. The number of nitrogens with zero attached hydrogens (tertiary/aromatic N) is 3. The monoisotopic (exact) mass is 390 g/mol. The molecule has 0 unspecified atom stereocenters. The van der Waals surface area contributed by atoms with E-state index in [0.29, 0.717) is 41.9 Å². The predicted octanol–water partition coefficient (Wildman–Crippen LogP) is 3.95. The molecule has 0 fully saturated rings. The summed E-state index contributed by atoms with van der Waals surface area (Å²) >= 11 is 0. The maximum atomic E-state index is 5.97. The lowest BCUT2D eigenvalue weighted by Gasteiger charge is -2.26. The van der Waals surface area contributed by atoms with Crippen LogP contribution >= 0.6 is 0 Å². The van der Waals surface area contributed by atoms with Crippen LogP contribution in [0.3, 0.4) is 0 Å². The van der Waals surface area contributed by atoms with Gasteiger partial charge in [0.1, 0.15) is 18.4 Å². The van der Waals surface area contributed by atoms with Crippen LogP contribution in [0.5, 0.6) is 11.5 Å². The minimum Gasteiger partial charge on any atom is -0.486 e. The van der Waals surface area contributed by atoms with Gasteiger partial charge in [0.2, 0.25) is 5.95 Å². The topological polar surface area (TPSA) is 95.4 Å². The van der Waals surface area contributed by atoms with Crippen molar-refractivity contribution in [3.05, 3.63) is 60.6 Å². The summed E-state index contributed by atoms with van der Waals surface area (Å²) in [5.74, 6) is 3.15. The quantitative estimate of drug-likeness (QED) is 0.547. The molecular formula is C21H18N4O4. The maximum absolute atomic E-state index is 5.97. The summed E-state index contributed by atoms with van der Waals surface area (Å²) in [6, 6.07) is 13.1. The molecule has 0 radical (unpaired) electrons. The van der Waals surface area contributed by atoms with E-state index in [9.17, 15) is 0 Å². The van der Waals surface area contributed by atoms with Crippen LogP contribution in [-0.2, 0) is 0 Å². The summed E-state index contributed by atoms with van der Waals surface area (Å²) in [6.07, 6.45) is 3.14. The fraction of sp³-hybridized carbons (Fsp3) is 0.190. The number of hydrogen-bond donors (Lipinski definition) is 1. The molecule has 0 aliphatic carbocycles. The first-order valence-electron chi connectivity index (χ1n) is 9.23. The summed E-state index contributed by atoms with van der Waals surface area (Å²) < 4.78 is 22.7. The average molecular weight is 390 g/mol. The van der Waals surface area contributed by atoms with Gasteiger partial charge in [-0.1, -0.05) is 17.3 Å². The van der Waals surface area contributed by atoms with Gasteiger partial charge in [-0.05, 0) is 31.2 Å². The molecule has 146 valence electrons. The normalized spacial score (nSPS) is 15.3. The van der Waals surface area contributed by atoms with E-state index >= 15 is 0 Å². The molecule has 0 spiro atoms. The minimum atomic E-state index is -0.155. The highest BCUT2D eigenvalue weighted by Crippen LogP contribution is 2.32. The molecule has 4 heterocycles. The number of fused-ring (bicyclic) bond motifs is 1. The second-order valence-electron chi connectivity index (χ2n) is 6.64. The van der Waals surface area contributed by atoms with Gasteiger partial charge in [-0.3, -0.25) is 0 Å². The number of aromatic nitrogens is 3. The van der Waals surface area contributed by atoms with Crippen LogP contribution in [0.2, 0.25) is 0 Å². The first kappa shape index (κ1) is 17.3. The van der Waals surface area contributed by atoms with Gasteiger partial charge in [0.25, 0.3) is 0 Å². The zero-order chi connectivity index (χ0) is 19.6. The van der Waals surface area contributed by atoms with Crippen LogP contribution < -0.4 is 14.8 Å². The van der Waals surface area contributed by atoms with E-state index in [1.54, 1.807) is 12.5 Å². The fourth-order valence-corrected chi connectivity index (χ4v) is 3.11. The lowest BCUT2D eigenvalue weighted by atomic mass is 10.1. The number of furan rings is 1. The number of aryl methyl sites for hydroxylation is 1. The molecule has 1 aliphatic heterocycles. The van der Waals surface area contributed by atoms with Crippen molar-refractivity contribution in [3.63, 3.8) is 0 Å². The standard InChI is InChI=1S/C21H18N4O4/c1-13-9-19(29-25-13)15-11-23-21(24-20(15)18-7-4-8-26-18)22-10-14-12-27-16-5-2-3-6-17(16)28-14/h2-9,11,14H,10,12H2,1H3,(H,22,23,24)/t14-/m0/s1. The van der Waals surface area contributed by atoms with Crippen molar-refractivity contribution in [1.82, 2.24) is 15.1 Å². The van der Waals surface area contributed by atoms with Crippen LogP contribution in [0, 0.1) is 6.92 Å². The van der Waals surface area contributed by atoms with Crippen molar-refractivity contribution in [3.8, 4) is 34.3 Å². The highest BCUT2D eigenvalue weighted by Gasteiger charge is 2.22. The van der Waals surface area contributed by atoms with Crippen molar-refractivity contribution < 1.29 is 18.4 Å². The largest absolute Gasteiger partial charge is 0.486 e. The smallest absolute Gasteiger partial charge is 0.223 e. The molecule has 8 heteroatoms. The van der Waals surface area contributed by atoms with Crippen LogP contribution in [0.4, 0.5) is 5.95 Å². The van der Waals surface area contributed by atoms with Gasteiger partial charge < -0.3 is 23.7 Å². The molecule has 1 atom stereocenters. The molecule has 0 saturated carbocycles. The van der Waals surface area contributed by atoms with Crippen molar-refractivity contribution in [2.45, 2.75) is 13.0 Å². The number of hydrogen-bond acceptors (Lipinski definition) is 8. The number of nitrogens with one attached hydrogen (secondary N) is 1. The van der Waals surface area contributed by atoms with Gasteiger partial charge in [-0.2, -0.15) is 0 Å². The molecule has 0 amide bonds. The molecule has 0 saturated heterocycles. The Morgan fingerprint density at radius 3 is 2.79 bits per heavy atom. The molecule has 29 heavy (non-hydrogen) atoms. The third-order valence-electron chi connectivity index (χ3n) is 4.49. The lowest BCUT2D eigenvalue weighted by Crippen LogP contribution is -2.35. The summed E-state index contributed by atoms with van der Waals surface area (Å²) in [7, 11) is 0. The van der Waals surface area contributed by atoms with Gasteiger partial charge in [0.05, 0.1) is 24.1 Å². The first-order valence-corrected chi connectivity index (χ1v) is 9.23. The Balaban J connectivity index is 1.37. The Labute approximate surface area is 166 Å². The van der Waals surface area contributed by atoms with Crippen LogP contribution in [0.15, 0.2) is 63.9 Å². The molecule has 1 aliphatic rings. The summed E-state index contributed by atoms with van der Waals surface area (Å²) in [6.45, 7) is 2.80. The Bertz CT molecular complexity index is 1120. The van der Waals surface area contributed by atoms with Gasteiger partial charge in [0.15, 0.2) is 23.0 Å². The van der Waals surface area contributed by atoms with E-state index in [1.165, 1.54) is 0 Å². The Morgan fingerprint density at radius 2 is 2.00 bits per heavy atom. The number of anilines is 1. The van der Waals surface area contributed by atoms with Crippen molar-refractivity contribution in [2.24, 2.45) is 0 Å². The van der Waals surface area contributed by atoms with Crippen LogP contribution in [0.25, 0.3) is 22.8 Å². The lowest BCUT2D eigenvalue weighted by molar-refractivity contribution is 0.0996. The molecule has 8 nitrogen and oxygen atoms in total. The zero-order valence-electron chi connectivity index (χ0n) is 15.7. The fourth-order valence-electron chi connectivity index (χ4n) is 3.11. The predicted molar refractivity (Wildman–Crippen MR) is 105 cm³/mol. The van der Waals surface area contributed by atoms with Crippen molar-refractivity contribution in [2.75, 3.05) is 18.5 Å². The summed E-state index contributed by atoms with van der Waals surface area (Å²) in [4.78, 5) is 9.04. The second kappa shape index (κ2) is 7.31. The average Bonchev–Trinajstić information content (AvgIpc) is 3.44. The zero-order valence-corrected chi connectivity index (χ0v) is 15.7. The van der Waals surface area contributed by atoms with E-state index in [2.05, 4.69) is 20.4 Å². The number of rotatable bonds is 5. The first-order chi connectivity index (χ1) is 14.3. The molecule has 5 rings (SSSR count). The van der Waals surface area contributed by atoms with Crippen molar-refractivity contribution >= 4 is 5.95 Å². The Kier molecular flexibility index (Phi) is 4.36. The Morgan fingerprint density at radius 1 is 1.10 bits per heavy atom. The third kappa shape index (κ3) is 3.52. The Hall–Kier alpha value is -3.81. The number of benzene rings is 1. The molecular weight excluding hydrogens is 372 g/mol. The molecule has 4 aromatic rings. The van der Waals surface area contributed by atoms with Gasteiger partial charge >= 0.3 is 0 Å². The van der Waals surface area contributed by atoms with Crippen LogP contribution in [-0.4, -0.2) is 34.4 Å².